The number of nitrogens with zero attached hydrogens (tertiary/aromatic N) is 3. The Kier molecular flexibility index (Phi) is 5.07. The Morgan fingerprint density at radius 3 is 2.04 bits per heavy atom. The zero-order valence-electron chi connectivity index (χ0n) is 16.6. The molecular formula is C23H27N3O2. The lowest BCUT2D eigenvalue weighted by Crippen LogP contribution is -2.48. The van der Waals surface area contributed by atoms with Gasteiger partial charge in [0.15, 0.2) is 0 Å². The van der Waals surface area contributed by atoms with Gasteiger partial charge in [0.2, 0.25) is 5.91 Å². The number of rotatable bonds is 3. The molecule has 5 heteroatoms. The van der Waals surface area contributed by atoms with E-state index in [1.54, 1.807) is 4.90 Å². The Labute approximate surface area is 166 Å². The van der Waals surface area contributed by atoms with Gasteiger partial charge in [-0.3, -0.25) is 9.59 Å². The first-order valence-corrected chi connectivity index (χ1v) is 10.0. The van der Waals surface area contributed by atoms with Crippen LogP contribution in [0.4, 0.5) is 11.4 Å². The molecule has 28 heavy (non-hydrogen) atoms. The predicted octanol–water partition coefficient (Wildman–Crippen LogP) is 3.39. The summed E-state index contributed by atoms with van der Waals surface area (Å²) >= 11 is 0. The fourth-order valence-corrected chi connectivity index (χ4v) is 4.19. The average Bonchev–Trinajstić information content (AvgIpc) is 3.13. The second kappa shape index (κ2) is 7.66. The van der Waals surface area contributed by atoms with E-state index in [2.05, 4.69) is 36.9 Å². The van der Waals surface area contributed by atoms with E-state index in [1.165, 1.54) is 16.8 Å². The number of hydrogen-bond acceptors (Lipinski definition) is 3. The Hall–Kier alpha value is -2.82. The van der Waals surface area contributed by atoms with Gasteiger partial charge >= 0.3 is 0 Å². The van der Waals surface area contributed by atoms with Crippen LogP contribution in [-0.4, -0.2) is 49.4 Å². The van der Waals surface area contributed by atoms with Crippen LogP contribution in [0.15, 0.2) is 42.5 Å². The van der Waals surface area contributed by atoms with E-state index in [0.29, 0.717) is 12.0 Å². The Morgan fingerprint density at radius 1 is 0.821 bits per heavy atom. The molecule has 0 unspecified atom stereocenters. The highest BCUT2D eigenvalue weighted by atomic mass is 16.2. The van der Waals surface area contributed by atoms with E-state index >= 15 is 0 Å². The molecule has 2 saturated heterocycles. The highest BCUT2D eigenvalue weighted by Crippen LogP contribution is 2.23. The average molecular weight is 377 g/mol. The SMILES string of the molecule is Cc1cc(C)cc(N2CCN(C(=O)c3ccc(N4CCCC4=O)cc3)CC2)c1. The molecular weight excluding hydrogens is 350 g/mol. The minimum atomic E-state index is 0.0689. The van der Waals surface area contributed by atoms with Crippen molar-refractivity contribution in [3.63, 3.8) is 0 Å². The Morgan fingerprint density at radius 2 is 1.46 bits per heavy atom. The summed E-state index contributed by atoms with van der Waals surface area (Å²) in [6.45, 7) is 8.14. The number of piperazine rings is 1. The molecule has 146 valence electrons. The smallest absolute Gasteiger partial charge is 0.253 e. The predicted molar refractivity (Wildman–Crippen MR) is 112 cm³/mol. The van der Waals surface area contributed by atoms with Crippen LogP contribution in [-0.2, 0) is 4.79 Å². The molecule has 0 bridgehead atoms. The lowest BCUT2D eigenvalue weighted by atomic mass is 10.1. The van der Waals surface area contributed by atoms with Crippen molar-refractivity contribution in [1.82, 2.24) is 4.90 Å². The van der Waals surface area contributed by atoms with Gasteiger partial charge in [0.1, 0.15) is 0 Å². The van der Waals surface area contributed by atoms with Crippen LogP contribution in [0.2, 0.25) is 0 Å². The van der Waals surface area contributed by atoms with Crippen LogP contribution in [0, 0.1) is 13.8 Å². The highest BCUT2D eigenvalue weighted by Gasteiger charge is 2.24. The number of benzene rings is 2. The molecule has 0 aliphatic carbocycles. The number of hydrogen-bond donors (Lipinski definition) is 0. The molecule has 2 aliphatic rings. The van der Waals surface area contributed by atoms with Crippen LogP contribution >= 0.6 is 0 Å². The monoisotopic (exact) mass is 377 g/mol. The summed E-state index contributed by atoms with van der Waals surface area (Å²) in [7, 11) is 0. The van der Waals surface area contributed by atoms with Crippen LogP contribution in [0.3, 0.4) is 0 Å². The molecule has 0 aromatic heterocycles. The van der Waals surface area contributed by atoms with Gasteiger partial charge in [0, 0.05) is 56.1 Å². The summed E-state index contributed by atoms with van der Waals surface area (Å²) in [5.74, 6) is 0.237. The maximum Gasteiger partial charge on any atom is 0.253 e. The van der Waals surface area contributed by atoms with Crippen molar-refractivity contribution in [2.45, 2.75) is 26.7 Å². The summed E-state index contributed by atoms with van der Waals surface area (Å²) in [4.78, 5) is 30.8. The van der Waals surface area contributed by atoms with Crippen molar-refractivity contribution in [1.29, 1.82) is 0 Å². The second-order valence-corrected chi connectivity index (χ2v) is 7.82. The van der Waals surface area contributed by atoms with E-state index in [-0.39, 0.29) is 11.8 Å². The summed E-state index contributed by atoms with van der Waals surface area (Å²) in [5.41, 5.74) is 5.35. The molecule has 2 aromatic carbocycles. The molecule has 2 amide bonds. The van der Waals surface area contributed by atoms with Gasteiger partial charge < -0.3 is 14.7 Å². The van der Waals surface area contributed by atoms with E-state index in [9.17, 15) is 9.59 Å². The topological polar surface area (TPSA) is 43.9 Å². The van der Waals surface area contributed by atoms with E-state index in [1.807, 2.05) is 29.2 Å². The lowest BCUT2D eigenvalue weighted by Gasteiger charge is -2.36. The number of carbonyl (C=O) groups excluding carboxylic acids is 2. The van der Waals surface area contributed by atoms with Crippen LogP contribution in [0.1, 0.15) is 34.3 Å². The van der Waals surface area contributed by atoms with Gasteiger partial charge in [-0.05, 0) is 67.8 Å². The number of amides is 2. The normalized spacial score (nSPS) is 17.4. The molecule has 2 heterocycles. The van der Waals surface area contributed by atoms with E-state index < -0.39 is 0 Å². The third-order valence-electron chi connectivity index (χ3n) is 5.64. The van der Waals surface area contributed by atoms with Gasteiger partial charge in [-0.1, -0.05) is 6.07 Å². The minimum Gasteiger partial charge on any atom is -0.368 e. The lowest BCUT2D eigenvalue weighted by molar-refractivity contribution is -0.117. The van der Waals surface area contributed by atoms with E-state index in [4.69, 9.17) is 0 Å². The standard InChI is InChI=1S/C23H27N3O2/c1-17-14-18(2)16-21(15-17)24-10-12-25(13-11-24)23(28)19-5-7-20(8-6-19)26-9-3-4-22(26)27/h5-8,14-16H,3-4,9-13H2,1-2H3. The van der Waals surface area contributed by atoms with Crippen molar-refractivity contribution in [3.05, 3.63) is 59.2 Å². The van der Waals surface area contributed by atoms with Gasteiger partial charge in [0.05, 0.1) is 0 Å². The molecule has 5 nitrogen and oxygen atoms in total. The summed E-state index contributed by atoms with van der Waals surface area (Å²) < 4.78 is 0. The van der Waals surface area contributed by atoms with Crippen molar-refractivity contribution in [3.8, 4) is 0 Å². The Bertz CT molecular complexity index is 863. The quantitative estimate of drug-likeness (QED) is 0.824. The van der Waals surface area contributed by atoms with Gasteiger partial charge in [-0.25, -0.2) is 0 Å². The van der Waals surface area contributed by atoms with Crippen molar-refractivity contribution in [2.24, 2.45) is 0 Å². The van der Waals surface area contributed by atoms with Gasteiger partial charge in [-0.15, -0.1) is 0 Å². The Balaban J connectivity index is 1.39. The van der Waals surface area contributed by atoms with Crippen LogP contribution in [0.5, 0.6) is 0 Å². The summed E-state index contributed by atoms with van der Waals surface area (Å²) in [6, 6.07) is 14.1. The first-order valence-electron chi connectivity index (χ1n) is 10.0. The van der Waals surface area contributed by atoms with E-state index in [0.717, 1.165) is 44.8 Å². The fraction of sp³-hybridized carbons (Fsp3) is 0.391. The molecule has 2 aliphatic heterocycles. The molecule has 0 atom stereocenters. The molecule has 0 N–H and O–H groups in total. The summed E-state index contributed by atoms with van der Waals surface area (Å²) in [6.07, 6.45) is 1.52. The fourth-order valence-electron chi connectivity index (χ4n) is 4.19. The van der Waals surface area contributed by atoms with Gasteiger partial charge in [-0.2, -0.15) is 0 Å². The van der Waals surface area contributed by atoms with Crippen molar-refractivity contribution < 1.29 is 9.59 Å². The third-order valence-corrected chi connectivity index (χ3v) is 5.64. The second-order valence-electron chi connectivity index (χ2n) is 7.82. The van der Waals surface area contributed by atoms with Crippen molar-refractivity contribution >= 4 is 23.2 Å². The van der Waals surface area contributed by atoms with Crippen molar-refractivity contribution in [2.75, 3.05) is 42.5 Å². The zero-order chi connectivity index (χ0) is 19.7. The highest BCUT2D eigenvalue weighted by molar-refractivity contribution is 5.97. The maximum atomic E-state index is 12.9. The van der Waals surface area contributed by atoms with Crippen LogP contribution in [0.25, 0.3) is 0 Å². The molecule has 0 spiro atoms. The molecule has 2 aromatic rings. The first-order chi connectivity index (χ1) is 13.5. The largest absolute Gasteiger partial charge is 0.368 e. The molecule has 0 radical (unpaired) electrons. The third kappa shape index (κ3) is 3.75. The number of anilines is 2. The minimum absolute atomic E-state index is 0.0689. The molecule has 0 saturated carbocycles. The first kappa shape index (κ1) is 18.5. The maximum absolute atomic E-state index is 12.9. The molecule has 4 rings (SSSR count). The van der Waals surface area contributed by atoms with Crippen LogP contribution < -0.4 is 9.80 Å². The summed E-state index contributed by atoms with van der Waals surface area (Å²) in [5, 5.41) is 0. The number of carbonyl (C=O) groups is 2. The van der Waals surface area contributed by atoms with Gasteiger partial charge in [0.25, 0.3) is 5.91 Å². The zero-order valence-corrected chi connectivity index (χ0v) is 16.6. The number of aryl methyl sites for hydroxylation is 2. The molecule has 2 fully saturated rings.